The molecule has 0 aliphatic carbocycles. The van der Waals surface area contributed by atoms with E-state index in [1.165, 1.54) is 0 Å². The lowest BCUT2D eigenvalue weighted by Gasteiger charge is -2.09. The van der Waals surface area contributed by atoms with E-state index in [1.54, 1.807) is 49.4 Å². The van der Waals surface area contributed by atoms with Gasteiger partial charge in [-0.15, -0.1) is 0 Å². The van der Waals surface area contributed by atoms with Crippen LogP contribution in [0.2, 0.25) is 5.02 Å². The number of esters is 1. The molecule has 0 spiro atoms. The maximum Gasteiger partial charge on any atom is 0.346 e. The molecule has 0 aliphatic heterocycles. The van der Waals surface area contributed by atoms with Crippen molar-refractivity contribution in [3.63, 3.8) is 0 Å². The topological polar surface area (TPSA) is 56.5 Å². The van der Waals surface area contributed by atoms with Crippen LogP contribution in [-0.4, -0.2) is 12.6 Å². The molecule has 23 heavy (non-hydrogen) atoms. The quantitative estimate of drug-likeness (QED) is 0.673. The fourth-order valence-corrected chi connectivity index (χ4v) is 2.51. The number of ether oxygens (including phenoxy) is 1. The summed E-state index contributed by atoms with van der Waals surface area (Å²) in [5, 5.41) is 0.737. The van der Waals surface area contributed by atoms with Crippen molar-refractivity contribution in [3.8, 4) is 11.3 Å². The predicted octanol–water partition coefficient (Wildman–Crippen LogP) is 4.29. The monoisotopic (exact) mass is 328 g/mol. The number of fused-ring (bicyclic) bond motifs is 1. The van der Waals surface area contributed by atoms with Crippen LogP contribution in [0.4, 0.5) is 0 Å². The summed E-state index contributed by atoms with van der Waals surface area (Å²) in [4.78, 5) is 25.0. The van der Waals surface area contributed by atoms with Crippen molar-refractivity contribution in [3.05, 3.63) is 69.3 Å². The maximum atomic E-state index is 12.7. The number of carbonyl (C=O) groups is 1. The van der Waals surface area contributed by atoms with Gasteiger partial charge in [0.2, 0.25) is 5.43 Å². The fraction of sp³-hybridized carbons (Fsp3) is 0.111. The van der Waals surface area contributed by atoms with E-state index < -0.39 is 11.4 Å². The maximum absolute atomic E-state index is 12.7. The summed E-state index contributed by atoms with van der Waals surface area (Å²) in [5.41, 5.74) is 0.414. The summed E-state index contributed by atoms with van der Waals surface area (Å²) in [7, 11) is 0. The van der Waals surface area contributed by atoms with Crippen LogP contribution >= 0.6 is 11.6 Å². The van der Waals surface area contributed by atoms with Crippen LogP contribution in [0.5, 0.6) is 0 Å². The third-order valence-corrected chi connectivity index (χ3v) is 3.61. The Bertz CT molecular complexity index is 929. The third kappa shape index (κ3) is 2.85. The van der Waals surface area contributed by atoms with Gasteiger partial charge in [0.05, 0.1) is 12.0 Å². The third-order valence-electron chi connectivity index (χ3n) is 3.37. The zero-order valence-corrected chi connectivity index (χ0v) is 13.1. The predicted molar refractivity (Wildman–Crippen MR) is 88.9 cm³/mol. The molecule has 0 bridgehead atoms. The highest BCUT2D eigenvalue weighted by molar-refractivity contribution is 6.31. The largest absolute Gasteiger partial charge is 0.462 e. The molecule has 1 heterocycles. The minimum absolute atomic E-state index is 0.104. The average Bonchev–Trinajstić information content (AvgIpc) is 2.55. The Morgan fingerprint density at radius 3 is 2.61 bits per heavy atom. The van der Waals surface area contributed by atoms with Crippen molar-refractivity contribution >= 4 is 28.5 Å². The van der Waals surface area contributed by atoms with Gasteiger partial charge in [-0.1, -0.05) is 41.9 Å². The van der Waals surface area contributed by atoms with Crippen molar-refractivity contribution in [2.24, 2.45) is 0 Å². The molecule has 0 aliphatic rings. The van der Waals surface area contributed by atoms with E-state index in [2.05, 4.69) is 0 Å². The fourth-order valence-electron chi connectivity index (χ4n) is 2.35. The van der Waals surface area contributed by atoms with Gasteiger partial charge in [0.25, 0.3) is 0 Å². The summed E-state index contributed by atoms with van der Waals surface area (Å²) in [5.74, 6) is -0.513. The van der Waals surface area contributed by atoms with E-state index in [0.29, 0.717) is 16.2 Å². The van der Waals surface area contributed by atoms with Gasteiger partial charge in [-0.3, -0.25) is 4.79 Å². The van der Waals surface area contributed by atoms with Crippen molar-refractivity contribution in [1.82, 2.24) is 0 Å². The van der Waals surface area contributed by atoms with Gasteiger partial charge in [-0.2, -0.15) is 0 Å². The van der Waals surface area contributed by atoms with Crippen LogP contribution in [0, 0.1) is 0 Å². The number of halogens is 1. The minimum atomic E-state index is -0.697. The molecular weight excluding hydrogens is 316 g/mol. The Labute approximate surface area is 137 Å². The van der Waals surface area contributed by atoms with E-state index >= 15 is 0 Å². The van der Waals surface area contributed by atoms with Crippen molar-refractivity contribution < 1.29 is 13.9 Å². The molecule has 0 atom stereocenters. The molecule has 3 rings (SSSR count). The van der Waals surface area contributed by atoms with E-state index in [9.17, 15) is 9.59 Å². The first-order valence-corrected chi connectivity index (χ1v) is 7.48. The molecule has 2 aromatic carbocycles. The van der Waals surface area contributed by atoms with Crippen molar-refractivity contribution in [2.45, 2.75) is 6.92 Å². The minimum Gasteiger partial charge on any atom is -0.462 e. The summed E-state index contributed by atoms with van der Waals surface area (Å²) < 4.78 is 10.8. The first-order valence-electron chi connectivity index (χ1n) is 7.10. The Kier molecular flexibility index (Phi) is 4.17. The lowest BCUT2D eigenvalue weighted by atomic mass is 10.0. The highest BCUT2D eigenvalue weighted by atomic mass is 35.5. The van der Waals surface area contributed by atoms with Gasteiger partial charge in [-0.25, -0.2) is 4.79 Å². The highest BCUT2D eigenvalue weighted by Gasteiger charge is 2.23. The molecular formula is C18H13ClO4. The number of hydrogen-bond acceptors (Lipinski definition) is 4. The molecule has 0 radical (unpaired) electrons. The van der Waals surface area contributed by atoms with Crippen LogP contribution in [0.3, 0.4) is 0 Å². The zero-order chi connectivity index (χ0) is 16.4. The van der Waals surface area contributed by atoms with Gasteiger partial charge in [-0.05, 0) is 19.1 Å². The Morgan fingerprint density at radius 2 is 1.91 bits per heavy atom. The average molecular weight is 329 g/mol. The number of rotatable bonds is 3. The summed E-state index contributed by atoms with van der Waals surface area (Å²) in [6.07, 6.45) is 0. The molecule has 0 saturated heterocycles. The first kappa shape index (κ1) is 15.3. The van der Waals surface area contributed by atoms with Gasteiger partial charge in [0.15, 0.2) is 11.3 Å². The zero-order valence-electron chi connectivity index (χ0n) is 12.3. The number of benzene rings is 2. The summed E-state index contributed by atoms with van der Waals surface area (Å²) in [6.45, 7) is 1.85. The highest BCUT2D eigenvalue weighted by Crippen LogP contribution is 2.27. The second-order valence-electron chi connectivity index (χ2n) is 4.86. The molecule has 0 unspecified atom stereocenters. The van der Waals surface area contributed by atoms with E-state index in [0.717, 1.165) is 0 Å². The molecule has 116 valence electrons. The summed E-state index contributed by atoms with van der Waals surface area (Å²) in [6, 6.07) is 13.6. The normalized spacial score (nSPS) is 10.7. The molecule has 4 nitrogen and oxygen atoms in total. The van der Waals surface area contributed by atoms with Crippen LogP contribution in [0.1, 0.15) is 17.3 Å². The second kappa shape index (κ2) is 6.26. The Hall–Kier alpha value is -2.59. The Balaban J connectivity index is 2.37. The smallest absolute Gasteiger partial charge is 0.346 e. The molecule has 0 fully saturated rings. The van der Waals surface area contributed by atoms with E-state index in [-0.39, 0.29) is 23.3 Å². The van der Waals surface area contributed by atoms with E-state index in [1.807, 2.05) is 6.07 Å². The van der Waals surface area contributed by atoms with Gasteiger partial charge in [0.1, 0.15) is 5.58 Å². The number of hydrogen-bond donors (Lipinski definition) is 0. The molecule has 0 N–H and O–H groups in total. The SMILES string of the molecule is CCOC(=O)c1c(-c2ccccc2)oc2cc(Cl)ccc2c1=O. The van der Waals surface area contributed by atoms with E-state index in [4.69, 9.17) is 20.8 Å². The molecule has 3 aromatic rings. The standard InChI is InChI=1S/C18H13ClO4/c1-2-22-18(21)15-16(20)13-9-8-12(19)10-14(13)23-17(15)11-6-4-3-5-7-11/h3-10H,2H2,1H3. The van der Waals surface area contributed by atoms with Crippen LogP contribution in [0.15, 0.2) is 57.7 Å². The van der Waals surface area contributed by atoms with Crippen molar-refractivity contribution in [1.29, 1.82) is 0 Å². The van der Waals surface area contributed by atoms with Crippen LogP contribution in [0.25, 0.3) is 22.3 Å². The van der Waals surface area contributed by atoms with Gasteiger partial charge in [0, 0.05) is 16.7 Å². The molecule has 1 aromatic heterocycles. The number of carbonyl (C=O) groups excluding carboxylic acids is 1. The molecule has 0 saturated carbocycles. The van der Waals surface area contributed by atoms with Crippen molar-refractivity contribution in [2.75, 3.05) is 6.61 Å². The lowest BCUT2D eigenvalue weighted by molar-refractivity contribution is 0.0524. The molecule has 5 heteroatoms. The van der Waals surface area contributed by atoms with Crippen LogP contribution < -0.4 is 5.43 Å². The summed E-state index contributed by atoms with van der Waals surface area (Å²) >= 11 is 5.97. The Morgan fingerprint density at radius 1 is 1.17 bits per heavy atom. The molecule has 0 amide bonds. The van der Waals surface area contributed by atoms with Crippen LogP contribution in [-0.2, 0) is 4.74 Å². The van der Waals surface area contributed by atoms with Gasteiger partial charge >= 0.3 is 5.97 Å². The lowest BCUT2D eigenvalue weighted by Crippen LogP contribution is -2.19. The second-order valence-corrected chi connectivity index (χ2v) is 5.30. The first-order chi connectivity index (χ1) is 11.1. The van der Waals surface area contributed by atoms with Gasteiger partial charge < -0.3 is 9.15 Å².